The highest BCUT2D eigenvalue weighted by atomic mass is 16.3. The number of rotatable bonds is 8. The first-order chi connectivity index (χ1) is 17.4. The molecule has 1 aliphatic heterocycles. The first-order valence-corrected chi connectivity index (χ1v) is 12.9. The fourth-order valence-corrected chi connectivity index (χ4v) is 5.36. The van der Waals surface area contributed by atoms with Crippen LogP contribution in [0.5, 0.6) is 5.75 Å². The zero-order valence-corrected chi connectivity index (χ0v) is 21.0. The number of phenols is 1. The van der Waals surface area contributed by atoms with Crippen molar-refractivity contribution < 1.29 is 19.5 Å². The van der Waals surface area contributed by atoms with Crippen molar-refractivity contribution in [1.82, 2.24) is 20.9 Å². The van der Waals surface area contributed by atoms with Crippen LogP contribution in [0.2, 0.25) is 0 Å². The topological polar surface area (TPSA) is 111 Å². The lowest BCUT2D eigenvalue weighted by Crippen LogP contribution is -2.52. The number of aryl methyl sites for hydroxylation is 1. The predicted molar refractivity (Wildman–Crippen MR) is 137 cm³/mol. The van der Waals surface area contributed by atoms with Crippen molar-refractivity contribution >= 4 is 17.7 Å². The van der Waals surface area contributed by atoms with E-state index in [-0.39, 0.29) is 29.5 Å². The summed E-state index contributed by atoms with van der Waals surface area (Å²) in [7, 11) is 1.70. The molecular formula is C28H36N4O4. The van der Waals surface area contributed by atoms with E-state index in [4.69, 9.17) is 0 Å². The maximum Gasteiger partial charge on any atom is 0.250 e. The predicted octanol–water partition coefficient (Wildman–Crippen LogP) is 2.73. The smallest absolute Gasteiger partial charge is 0.250 e. The highest BCUT2D eigenvalue weighted by Gasteiger charge is 2.39. The number of phenolic OH excluding ortho intramolecular Hbond substituents is 1. The van der Waals surface area contributed by atoms with Crippen molar-refractivity contribution in [3.63, 3.8) is 0 Å². The van der Waals surface area contributed by atoms with E-state index in [1.807, 2.05) is 19.1 Å². The lowest BCUT2D eigenvalue weighted by atomic mass is 9.87. The average Bonchev–Trinajstić information content (AvgIpc) is 3.39. The number of carbonyl (C=O) groups is 3. The summed E-state index contributed by atoms with van der Waals surface area (Å²) in [5.41, 5.74) is 2.97. The number of benzene rings is 2. The Balaban J connectivity index is 1.53. The Labute approximate surface area is 212 Å². The van der Waals surface area contributed by atoms with Gasteiger partial charge in [-0.3, -0.25) is 14.4 Å². The molecule has 0 radical (unpaired) electrons. The van der Waals surface area contributed by atoms with E-state index in [0.717, 1.165) is 31.2 Å². The van der Waals surface area contributed by atoms with Crippen LogP contribution in [0.25, 0.3) is 0 Å². The van der Waals surface area contributed by atoms with E-state index in [2.05, 4.69) is 28.1 Å². The van der Waals surface area contributed by atoms with Crippen LogP contribution >= 0.6 is 0 Å². The summed E-state index contributed by atoms with van der Waals surface area (Å²) in [6.45, 7) is 2.34. The van der Waals surface area contributed by atoms with Gasteiger partial charge in [-0.05, 0) is 74.4 Å². The lowest BCUT2D eigenvalue weighted by molar-refractivity contribution is -0.142. The van der Waals surface area contributed by atoms with Gasteiger partial charge in [0.25, 0.3) is 0 Å². The van der Waals surface area contributed by atoms with E-state index in [9.17, 15) is 19.5 Å². The van der Waals surface area contributed by atoms with Crippen LogP contribution in [0.1, 0.15) is 67.8 Å². The summed E-state index contributed by atoms with van der Waals surface area (Å²) in [6.07, 6.45) is 4.75. The molecule has 192 valence electrons. The second-order valence-electron chi connectivity index (χ2n) is 9.62. The Hall–Kier alpha value is -3.39. The van der Waals surface area contributed by atoms with Gasteiger partial charge in [-0.1, -0.05) is 43.3 Å². The van der Waals surface area contributed by atoms with Crippen LogP contribution in [0, 0.1) is 0 Å². The molecule has 0 saturated carbocycles. The minimum absolute atomic E-state index is 0.0615. The van der Waals surface area contributed by atoms with Gasteiger partial charge in [-0.25, -0.2) is 0 Å². The Bertz CT molecular complexity index is 1080. The molecule has 4 unspecified atom stereocenters. The molecule has 0 spiro atoms. The molecule has 1 heterocycles. The number of fused-ring (bicyclic) bond motifs is 1. The van der Waals surface area contributed by atoms with Gasteiger partial charge in [0.1, 0.15) is 17.8 Å². The fraction of sp³-hybridized carbons (Fsp3) is 0.464. The van der Waals surface area contributed by atoms with Gasteiger partial charge in [-0.2, -0.15) is 0 Å². The van der Waals surface area contributed by atoms with Crippen LogP contribution < -0.4 is 16.0 Å². The maximum absolute atomic E-state index is 13.8. The highest BCUT2D eigenvalue weighted by molar-refractivity contribution is 5.94. The van der Waals surface area contributed by atoms with Crippen LogP contribution in [-0.4, -0.2) is 53.4 Å². The highest BCUT2D eigenvalue weighted by Crippen LogP contribution is 2.31. The van der Waals surface area contributed by atoms with Gasteiger partial charge < -0.3 is 26.0 Å². The van der Waals surface area contributed by atoms with Crippen molar-refractivity contribution in [2.45, 2.75) is 69.6 Å². The van der Waals surface area contributed by atoms with Gasteiger partial charge in [0, 0.05) is 6.54 Å². The first-order valence-electron chi connectivity index (χ1n) is 12.9. The number of nitrogens with zero attached hydrogens (tertiary/aromatic N) is 1. The van der Waals surface area contributed by atoms with Crippen molar-refractivity contribution in [3.05, 3.63) is 65.2 Å². The minimum Gasteiger partial charge on any atom is -0.508 e. The summed E-state index contributed by atoms with van der Waals surface area (Å²) >= 11 is 0. The molecule has 4 N–H and O–H groups in total. The van der Waals surface area contributed by atoms with Gasteiger partial charge in [0.05, 0.1) is 12.1 Å². The van der Waals surface area contributed by atoms with E-state index in [1.165, 1.54) is 17.7 Å². The lowest BCUT2D eigenvalue weighted by Gasteiger charge is -2.32. The maximum atomic E-state index is 13.8. The second-order valence-corrected chi connectivity index (χ2v) is 9.62. The third kappa shape index (κ3) is 5.54. The largest absolute Gasteiger partial charge is 0.508 e. The van der Waals surface area contributed by atoms with Crippen molar-refractivity contribution in [2.24, 2.45) is 0 Å². The normalized spacial score (nSPS) is 20.8. The summed E-state index contributed by atoms with van der Waals surface area (Å²) < 4.78 is 0. The molecule has 0 aromatic heterocycles. The zero-order chi connectivity index (χ0) is 25.7. The number of hydrogen-bond acceptors (Lipinski definition) is 5. The number of likely N-dealkylation sites (N-methyl/N-ethyl adjacent to an activating group) is 1. The van der Waals surface area contributed by atoms with E-state index in [0.29, 0.717) is 24.9 Å². The molecule has 1 aliphatic carbocycles. The Morgan fingerprint density at radius 1 is 1.06 bits per heavy atom. The Morgan fingerprint density at radius 2 is 1.81 bits per heavy atom. The van der Waals surface area contributed by atoms with Gasteiger partial charge >= 0.3 is 0 Å². The molecule has 2 aliphatic rings. The molecule has 8 heteroatoms. The van der Waals surface area contributed by atoms with Crippen molar-refractivity contribution in [2.75, 3.05) is 13.6 Å². The van der Waals surface area contributed by atoms with Crippen LogP contribution in [-0.2, 0) is 20.8 Å². The van der Waals surface area contributed by atoms with E-state index in [1.54, 1.807) is 24.1 Å². The second kappa shape index (κ2) is 11.6. The number of amides is 3. The monoisotopic (exact) mass is 492 g/mol. The molecule has 1 saturated heterocycles. The molecule has 3 amide bonds. The fourth-order valence-electron chi connectivity index (χ4n) is 5.36. The summed E-state index contributed by atoms with van der Waals surface area (Å²) in [5.74, 6) is -0.684. The van der Waals surface area contributed by atoms with E-state index >= 15 is 0 Å². The van der Waals surface area contributed by atoms with E-state index < -0.39 is 18.1 Å². The third-order valence-corrected chi connectivity index (χ3v) is 7.36. The summed E-state index contributed by atoms with van der Waals surface area (Å²) in [5, 5.41) is 18.8. The molecule has 4 atom stereocenters. The average molecular weight is 493 g/mol. The third-order valence-electron chi connectivity index (χ3n) is 7.36. The molecule has 4 rings (SSSR count). The van der Waals surface area contributed by atoms with Crippen molar-refractivity contribution in [1.29, 1.82) is 0 Å². The van der Waals surface area contributed by atoms with Gasteiger partial charge in [-0.15, -0.1) is 0 Å². The van der Waals surface area contributed by atoms with Gasteiger partial charge in [0.2, 0.25) is 17.7 Å². The Morgan fingerprint density at radius 3 is 2.53 bits per heavy atom. The zero-order valence-electron chi connectivity index (χ0n) is 21.0. The van der Waals surface area contributed by atoms with Crippen LogP contribution in [0.15, 0.2) is 48.5 Å². The molecule has 36 heavy (non-hydrogen) atoms. The number of aromatic hydroxyl groups is 1. The SMILES string of the molecule is CCC(NC)C(=O)NC(C(=O)N1CCCC1C(=O)NC1CCCc2ccccc21)c1ccc(O)cc1. The Kier molecular flexibility index (Phi) is 8.25. The summed E-state index contributed by atoms with van der Waals surface area (Å²) in [6, 6.07) is 12.4. The molecule has 1 fully saturated rings. The number of carbonyl (C=O) groups excluding carboxylic acids is 3. The summed E-state index contributed by atoms with van der Waals surface area (Å²) in [4.78, 5) is 41.7. The van der Waals surface area contributed by atoms with Crippen LogP contribution in [0.4, 0.5) is 0 Å². The molecule has 2 aromatic carbocycles. The number of nitrogens with one attached hydrogen (secondary N) is 3. The molecule has 0 bridgehead atoms. The molecular weight excluding hydrogens is 456 g/mol. The van der Waals surface area contributed by atoms with Crippen LogP contribution in [0.3, 0.4) is 0 Å². The quantitative estimate of drug-likeness (QED) is 0.453. The number of likely N-dealkylation sites (tertiary alicyclic amines) is 1. The molecule has 2 aromatic rings. The minimum atomic E-state index is -0.954. The standard InChI is InChI=1S/C28H36N4O4/c1-3-22(29-2)26(34)31-25(19-13-15-20(33)16-14-19)28(36)32-17-7-12-24(32)27(35)30-23-11-6-9-18-8-4-5-10-21(18)23/h4-5,8,10,13-16,22-25,29,33H,3,6-7,9,11-12,17H2,1-2H3,(H,30,35)(H,31,34). The van der Waals surface area contributed by atoms with Gasteiger partial charge in [0.15, 0.2) is 0 Å². The first kappa shape index (κ1) is 25.7. The van der Waals surface area contributed by atoms with Crippen molar-refractivity contribution in [3.8, 4) is 5.75 Å². The molecule has 8 nitrogen and oxygen atoms in total. The number of hydrogen-bond donors (Lipinski definition) is 4.